The highest BCUT2D eigenvalue weighted by Gasteiger charge is 2.31. The highest BCUT2D eigenvalue weighted by atomic mass is 79.9. The number of methoxy groups -OCH3 is 1. The van der Waals surface area contributed by atoms with Gasteiger partial charge in [0.25, 0.3) is 0 Å². The van der Waals surface area contributed by atoms with E-state index in [-0.39, 0.29) is 17.6 Å². The molecule has 0 aliphatic carbocycles. The molecule has 0 spiro atoms. The average Bonchev–Trinajstić information content (AvgIpc) is 2.73. The van der Waals surface area contributed by atoms with Gasteiger partial charge in [-0.1, -0.05) is 34.1 Å². The second-order valence-corrected chi connectivity index (χ2v) is 10.0. The summed E-state index contributed by atoms with van der Waals surface area (Å²) in [7, 11) is -2.15. The molecule has 0 bridgehead atoms. The first-order valence-corrected chi connectivity index (χ1v) is 11.9. The van der Waals surface area contributed by atoms with Crippen molar-refractivity contribution in [2.75, 3.05) is 25.5 Å². The molecule has 1 aliphatic heterocycles. The molecule has 2 aromatic rings. The molecule has 1 fully saturated rings. The van der Waals surface area contributed by atoms with Crippen molar-refractivity contribution in [3.63, 3.8) is 0 Å². The summed E-state index contributed by atoms with van der Waals surface area (Å²) in [6.07, 6.45) is 0.889. The first-order chi connectivity index (χ1) is 14.3. The minimum absolute atomic E-state index is 0.0658. The number of carbonyl (C=O) groups is 2. The van der Waals surface area contributed by atoms with Crippen molar-refractivity contribution >= 4 is 43.5 Å². The normalized spacial score (nSPS) is 15.5. The molecule has 0 unspecified atom stereocenters. The van der Waals surface area contributed by atoms with Gasteiger partial charge < -0.3 is 10.1 Å². The maximum atomic E-state index is 12.7. The molecule has 3 rings (SSSR count). The highest BCUT2D eigenvalue weighted by Crippen LogP contribution is 2.24. The molecule has 1 aliphatic rings. The highest BCUT2D eigenvalue weighted by molar-refractivity contribution is 9.10. The molecule has 7 nitrogen and oxygen atoms in total. The second-order valence-electron chi connectivity index (χ2n) is 7.12. The molecule has 1 amide bonds. The van der Waals surface area contributed by atoms with E-state index < -0.39 is 16.0 Å². The van der Waals surface area contributed by atoms with Crippen molar-refractivity contribution in [1.29, 1.82) is 0 Å². The molecule has 1 N–H and O–H groups in total. The standard InChI is InChI=1S/C21H23BrN2O5S/c1-29-21(26)17-5-3-7-19(13-17)23-20(25)16-8-10-24(11-9-16)30(27,28)14-15-4-2-6-18(22)12-15/h2-7,12-13,16H,8-11,14H2,1H3,(H,23,25). The van der Waals surface area contributed by atoms with Crippen LogP contribution in [-0.4, -0.2) is 44.8 Å². The van der Waals surface area contributed by atoms with Crippen molar-refractivity contribution in [3.8, 4) is 0 Å². The first-order valence-electron chi connectivity index (χ1n) is 9.50. The number of hydrogen-bond donors (Lipinski definition) is 1. The van der Waals surface area contributed by atoms with Gasteiger partial charge >= 0.3 is 5.97 Å². The lowest BCUT2D eigenvalue weighted by atomic mass is 9.97. The minimum Gasteiger partial charge on any atom is -0.465 e. The van der Waals surface area contributed by atoms with E-state index in [1.807, 2.05) is 6.07 Å². The number of esters is 1. The third-order valence-electron chi connectivity index (χ3n) is 5.01. The molecule has 2 aromatic carbocycles. The molecule has 1 saturated heterocycles. The maximum absolute atomic E-state index is 12.7. The van der Waals surface area contributed by atoms with Crippen LogP contribution in [0.1, 0.15) is 28.8 Å². The van der Waals surface area contributed by atoms with E-state index in [1.165, 1.54) is 11.4 Å². The molecule has 30 heavy (non-hydrogen) atoms. The maximum Gasteiger partial charge on any atom is 0.337 e. The third kappa shape index (κ3) is 5.68. The molecule has 160 valence electrons. The van der Waals surface area contributed by atoms with E-state index >= 15 is 0 Å². The van der Waals surface area contributed by atoms with Crippen LogP contribution in [0.2, 0.25) is 0 Å². The van der Waals surface area contributed by atoms with Crippen LogP contribution < -0.4 is 5.32 Å². The van der Waals surface area contributed by atoms with Gasteiger partial charge in [-0.3, -0.25) is 4.79 Å². The van der Waals surface area contributed by atoms with Crippen LogP contribution in [0, 0.1) is 5.92 Å². The molecular formula is C21H23BrN2O5S. The number of amides is 1. The minimum atomic E-state index is -3.45. The Bertz CT molecular complexity index is 1030. The van der Waals surface area contributed by atoms with Crippen molar-refractivity contribution < 1.29 is 22.7 Å². The van der Waals surface area contributed by atoms with Gasteiger partial charge in [-0.2, -0.15) is 0 Å². The second kappa shape index (κ2) is 9.72. The Morgan fingerprint density at radius 1 is 1.13 bits per heavy atom. The lowest BCUT2D eigenvalue weighted by Crippen LogP contribution is -2.41. The quantitative estimate of drug-likeness (QED) is 0.621. The van der Waals surface area contributed by atoms with Crippen LogP contribution in [0.3, 0.4) is 0 Å². The number of nitrogens with one attached hydrogen (secondary N) is 1. The van der Waals surface area contributed by atoms with E-state index in [0.717, 1.165) is 10.0 Å². The summed E-state index contributed by atoms with van der Waals surface area (Å²) in [5.41, 5.74) is 1.58. The Hall–Kier alpha value is -2.23. The lowest BCUT2D eigenvalue weighted by molar-refractivity contribution is -0.120. The van der Waals surface area contributed by atoms with Crippen LogP contribution in [0.5, 0.6) is 0 Å². The molecule has 1 heterocycles. The Morgan fingerprint density at radius 3 is 2.50 bits per heavy atom. The summed E-state index contributed by atoms with van der Waals surface area (Å²) < 4.78 is 32.4. The van der Waals surface area contributed by atoms with E-state index in [0.29, 0.717) is 37.2 Å². The largest absolute Gasteiger partial charge is 0.465 e. The predicted octanol–water partition coefficient (Wildman–Crippen LogP) is 3.42. The number of sulfonamides is 1. The number of benzene rings is 2. The fourth-order valence-corrected chi connectivity index (χ4v) is 5.41. The van der Waals surface area contributed by atoms with Crippen LogP contribution in [0.25, 0.3) is 0 Å². The third-order valence-corrected chi connectivity index (χ3v) is 7.35. The number of anilines is 1. The Morgan fingerprint density at radius 2 is 1.83 bits per heavy atom. The Kier molecular flexibility index (Phi) is 7.27. The Labute approximate surface area is 184 Å². The van der Waals surface area contributed by atoms with Gasteiger partial charge in [0.1, 0.15) is 0 Å². The zero-order valence-electron chi connectivity index (χ0n) is 16.5. The number of nitrogens with zero attached hydrogens (tertiary/aromatic N) is 1. The van der Waals surface area contributed by atoms with Gasteiger partial charge in [-0.05, 0) is 48.7 Å². The van der Waals surface area contributed by atoms with Crippen LogP contribution in [0.15, 0.2) is 53.0 Å². The van der Waals surface area contributed by atoms with Gasteiger partial charge in [0.05, 0.1) is 18.4 Å². The number of halogens is 1. The number of hydrogen-bond acceptors (Lipinski definition) is 5. The van der Waals surface area contributed by atoms with Crippen LogP contribution in [0.4, 0.5) is 5.69 Å². The fraction of sp³-hybridized carbons (Fsp3) is 0.333. The Balaban J connectivity index is 1.57. The zero-order chi connectivity index (χ0) is 21.7. The topological polar surface area (TPSA) is 92.8 Å². The van der Waals surface area contributed by atoms with Gasteiger partial charge in [0.15, 0.2) is 0 Å². The molecule has 9 heteroatoms. The van der Waals surface area contributed by atoms with Gasteiger partial charge in [-0.15, -0.1) is 0 Å². The smallest absolute Gasteiger partial charge is 0.337 e. The lowest BCUT2D eigenvalue weighted by Gasteiger charge is -2.30. The van der Waals surface area contributed by atoms with E-state index in [1.54, 1.807) is 42.5 Å². The summed E-state index contributed by atoms with van der Waals surface area (Å²) in [6.45, 7) is 0.604. The number of rotatable bonds is 6. The number of carbonyl (C=O) groups excluding carboxylic acids is 2. The van der Waals surface area contributed by atoms with Crippen LogP contribution in [-0.2, 0) is 25.3 Å². The van der Waals surface area contributed by atoms with Gasteiger partial charge in [0.2, 0.25) is 15.9 Å². The fourth-order valence-electron chi connectivity index (χ4n) is 3.41. The molecular weight excluding hydrogens is 472 g/mol. The van der Waals surface area contributed by atoms with E-state index in [9.17, 15) is 18.0 Å². The van der Waals surface area contributed by atoms with E-state index in [2.05, 4.69) is 26.0 Å². The van der Waals surface area contributed by atoms with Gasteiger partial charge in [-0.25, -0.2) is 17.5 Å². The SMILES string of the molecule is COC(=O)c1cccc(NC(=O)C2CCN(S(=O)(=O)Cc3cccc(Br)c3)CC2)c1. The van der Waals surface area contributed by atoms with Crippen molar-refractivity contribution in [2.45, 2.75) is 18.6 Å². The summed E-state index contributed by atoms with van der Waals surface area (Å²) in [5.74, 6) is -1.01. The van der Waals surface area contributed by atoms with Gasteiger partial charge in [0, 0.05) is 29.2 Å². The number of ether oxygens (including phenoxy) is 1. The van der Waals surface area contributed by atoms with E-state index in [4.69, 9.17) is 0 Å². The molecule has 0 saturated carbocycles. The summed E-state index contributed by atoms with van der Waals surface area (Å²) >= 11 is 3.35. The summed E-state index contributed by atoms with van der Waals surface area (Å²) in [5, 5.41) is 2.81. The molecule has 0 aromatic heterocycles. The van der Waals surface area contributed by atoms with Crippen molar-refractivity contribution in [1.82, 2.24) is 4.31 Å². The predicted molar refractivity (Wildman–Crippen MR) is 117 cm³/mol. The molecule has 0 radical (unpaired) electrons. The summed E-state index contributed by atoms with van der Waals surface area (Å²) in [4.78, 5) is 24.2. The zero-order valence-corrected chi connectivity index (χ0v) is 18.9. The number of piperidine rings is 1. The monoisotopic (exact) mass is 494 g/mol. The summed E-state index contributed by atoms with van der Waals surface area (Å²) in [6, 6.07) is 13.8. The van der Waals surface area contributed by atoms with Crippen LogP contribution >= 0.6 is 15.9 Å². The average molecular weight is 495 g/mol. The molecule has 0 atom stereocenters. The van der Waals surface area contributed by atoms with Crippen molar-refractivity contribution in [2.24, 2.45) is 5.92 Å². The van der Waals surface area contributed by atoms with Crippen molar-refractivity contribution in [3.05, 3.63) is 64.1 Å². The first kappa shape index (κ1) is 22.5.